The van der Waals surface area contributed by atoms with E-state index in [1.165, 1.54) is 19.4 Å². The number of carbonyl (C=O) groups excluding carboxylic acids is 1. The topological polar surface area (TPSA) is 71.7 Å². The highest BCUT2D eigenvalue weighted by molar-refractivity contribution is 5.89. The molecule has 1 heterocycles. The van der Waals surface area contributed by atoms with Gasteiger partial charge in [-0.3, -0.25) is 0 Å². The van der Waals surface area contributed by atoms with Crippen LogP contribution in [0.5, 0.6) is 5.75 Å². The molecular weight excluding hydrogens is 234 g/mol. The van der Waals surface area contributed by atoms with Gasteiger partial charge in [0.1, 0.15) is 5.75 Å². The summed E-state index contributed by atoms with van der Waals surface area (Å²) >= 11 is 0. The van der Waals surface area contributed by atoms with Crippen LogP contribution in [0.2, 0.25) is 0 Å². The maximum Gasteiger partial charge on any atom is 0.337 e. The van der Waals surface area contributed by atoms with Crippen LogP contribution in [-0.4, -0.2) is 27.9 Å². The summed E-state index contributed by atoms with van der Waals surface area (Å²) in [5, 5.41) is 18.6. The van der Waals surface area contributed by atoms with Crippen LogP contribution in [0.25, 0.3) is 5.69 Å². The van der Waals surface area contributed by atoms with Gasteiger partial charge in [-0.2, -0.15) is 0 Å². The molecule has 18 heavy (non-hydrogen) atoms. The van der Waals surface area contributed by atoms with Gasteiger partial charge in [-0.05, 0) is 18.2 Å². The molecule has 0 radical (unpaired) electrons. The van der Waals surface area contributed by atoms with E-state index >= 15 is 0 Å². The van der Waals surface area contributed by atoms with Crippen LogP contribution in [0.15, 0.2) is 36.5 Å². The van der Waals surface area contributed by atoms with Crippen molar-refractivity contribution in [2.45, 2.75) is 6.61 Å². The second-order valence-electron chi connectivity index (χ2n) is 3.76. The molecule has 0 amide bonds. The van der Waals surface area contributed by atoms with Gasteiger partial charge in [-0.1, -0.05) is 6.07 Å². The second kappa shape index (κ2) is 4.93. The van der Waals surface area contributed by atoms with Crippen molar-refractivity contribution in [3.63, 3.8) is 0 Å². The predicted octanol–water partition coefficient (Wildman–Crippen LogP) is 1.46. The lowest BCUT2D eigenvalue weighted by atomic mass is 10.2. The van der Waals surface area contributed by atoms with Gasteiger partial charge < -0.3 is 19.5 Å². The number of aromatic hydroxyl groups is 1. The van der Waals surface area contributed by atoms with Crippen LogP contribution in [0.1, 0.15) is 16.1 Å². The summed E-state index contributed by atoms with van der Waals surface area (Å²) in [6, 6.07) is 8.21. The normalized spacial score (nSPS) is 10.3. The van der Waals surface area contributed by atoms with Gasteiger partial charge in [0.15, 0.2) is 0 Å². The summed E-state index contributed by atoms with van der Waals surface area (Å²) in [5.41, 5.74) is 1.61. The highest BCUT2D eigenvalue weighted by atomic mass is 16.5. The van der Waals surface area contributed by atoms with E-state index in [1.54, 1.807) is 28.8 Å². The average molecular weight is 247 g/mol. The molecule has 5 nitrogen and oxygen atoms in total. The number of rotatable bonds is 3. The van der Waals surface area contributed by atoms with Crippen molar-refractivity contribution < 1.29 is 19.7 Å². The largest absolute Gasteiger partial charge is 0.506 e. The number of esters is 1. The van der Waals surface area contributed by atoms with E-state index in [4.69, 9.17) is 0 Å². The first-order chi connectivity index (χ1) is 8.65. The van der Waals surface area contributed by atoms with Crippen molar-refractivity contribution >= 4 is 5.97 Å². The molecule has 2 N–H and O–H groups in total. The average Bonchev–Trinajstić information content (AvgIpc) is 2.79. The molecule has 2 aromatic rings. The number of carbonyl (C=O) groups is 1. The Kier molecular flexibility index (Phi) is 3.34. The van der Waals surface area contributed by atoms with Crippen molar-refractivity contribution in [3.05, 3.63) is 47.8 Å². The number of hydrogen-bond acceptors (Lipinski definition) is 4. The summed E-state index contributed by atoms with van der Waals surface area (Å²) in [5.74, 6) is -0.374. The Balaban J connectivity index is 2.47. The highest BCUT2D eigenvalue weighted by Crippen LogP contribution is 2.21. The van der Waals surface area contributed by atoms with Crippen LogP contribution in [0, 0.1) is 0 Å². The zero-order valence-electron chi connectivity index (χ0n) is 9.83. The molecule has 0 unspecified atom stereocenters. The van der Waals surface area contributed by atoms with E-state index in [2.05, 4.69) is 4.74 Å². The molecule has 2 rings (SSSR count). The molecule has 0 fully saturated rings. The first-order valence-corrected chi connectivity index (χ1v) is 5.35. The fourth-order valence-corrected chi connectivity index (χ4v) is 1.76. The van der Waals surface area contributed by atoms with Crippen molar-refractivity contribution in [2.24, 2.45) is 0 Å². The standard InChI is InChI=1S/C13H13NO4/c1-18-13(17)9-3-2-4-10(5-9)14-7-12(16)6-11(14)8-15/h2-7,15-16H,8H2,1H3. The molecule has 0 aliphatic heterocycles. The van der Waals surface area contributed by atoms with E-state index in [9.17, 15) is 15.0 Å². The minimum Gasteiger partial charge on any atom is -0.506 e. The lowest BCUT2D eigenvalue weighted by molar-refractivity contribution is 0.0600. The number of ether oxygens (including phenoxy) is 1. The SMILES string of the molecule is COC(=O)c1cccc(-n2cc(O)cc2CO)c1. The maximum atomic E-state index is 11.4. The Morgan fingerprint density at radius 2 is 2.17 bits per heavy atom. The number of benzene rings is 1. The van der Waals surface area contributed by atoms with Gasteiger partial charge in [0, 0.05) is 11.8 Å². The molecule has 0 spiro atoms. The number of methoxy groups -OCH3 is 1. The van der Waals surface area contributed by atoms with Gasteiger partial charge >= 0.3 is 5.97 Å². The number of hydrogen-bond donors (Lipinski definition) is 2. The minimum atomic E-state index is -0.432. The van der Waals surface area contributed by atoms with Gasteiger partial charge in [0.2, 0.25) is 0 Å². The second-order valence-corrected chi connectivity index (χ2v) is 3.76. The molecule has 1 aromatic heterocycles. The van der Waals surface area contributed by atoms with E-state index in [0.717, 1.165) is 0 Å². The zero-order valence-corrected chi connectivity index (χ0v) is 9.83. The van der Waals surface area contributed by atoms with Crippen LogP contribution in [0.3, 0.4) is 0 Å². The van der Waals surface area contributed by atoms with Crippen LogP contribution >= 0.6 is 0 Å². The van der Waals surface area contributed by atoms with E-state index in [-0.39, 0.29) is 12.4 Å². The zero-order chi connectivity index (χ0) is 13.1. The lowest BCUT2D eigenvalue weighted by Crippen LogP contribution is -2.04. The fourth-order valence-electron chi connectivity index (χ4n) is 1.76. The third-order valence-corrected chi connectivity index (χ3v) is 2.59. The summed E-state index contributed by atoms with van der Waals surface area (Å²) < 4.78 is 6.25. The first-order valence-electron chi connectivity index (χ1n) is 5.35. The quantitative estimate of drug-likeness (QED) is 0.805. The van der Waals surface area contributed by atoms with Crippen molar-refractivity contribution in [2.75, 3.05) is 7.11 Å². The summed E-state index contributed by atoms with van der Waals surface area (Å²) in [4.78, 5) is 11.4. The van der Waals surface area contributed by atoms with Gasteiger partial charge in [0.05, 0.1) is 31.2 Å². The summed E-state index contributed by atoms with van der Waals surface area (Å²) in [6.07, 6.45) is 1.47. The Labute approximate surface area is 104 Å². The Morgan fingerprint density at radius 3 is 2.83 bits per heavy atom. The van der Waals surface area contributed by atoms with Gasteiger partial charge in [-0.15, -0.1) is 0 Å². The number of aliphatic hydroxyl groups excluding tert-OH is 1. The van der Waals surface area contributed by atoms with Crippen LogP contribution in [-0.2, 0) is 11.3 Å². The Morgan fingerprint density at radius 1 is 1.39 bits per heavy atom. The summed E-state index contributed by atoms with van der Waals surface area (Å²) in [7, 11) is 1.32. The minimum absolute atomic E-state index is 0.0579. The third-order valence-electron chi connectivity index (χ3n) is 2.59. The summed E-state index contributed by atoms with van der Waals surface area (Å²) in [6.45, 7) is -0.205. The van der Waals surface area contributed by atoms with Crippen molar-refractivity contribution in [1.29, 1.82) is 0 Å². The molecule has 0 aliphatic carbocycles. The molecule has 0 saturated heterocycles. The monoisotopic (exact) mass is 247 g/mol. The highest BCUT2D eigenvalue weighted by Gasteiger charge is 2.09. The predicted molar refractivity (Wildman–Crippen MR) is 64.7 cm³/mol. The molecule has 94 valence electrons. The molecular formula is C13H13NO4. The van der Waals surface area contributed by atoms with Crippen molar-refractivity contribution in [3.8, 4) is 11.4 Å². The molecule has 5 heteroatoms. The first kappa shape index (κ1) is 12.2. The van der Waals surface area contributed by atoms with Crippen LogP contribution < -0.4 is 0 Å². The van der Waals surface area contributed by atoms with E-state index < -0.39 is 5.97 Å². The third kappa shape index (κ3) is 2.21. The fraction of sp³-hybridized carbons (Fsp3) is 0.154. The lowest BCUT2D eigenvalue weighted by Gasteiger charge is -2.08. The van der Waals surface area contributed by atoms with Gasteiger partial charge in [-0.25, -0.2) is 4.79 Å². The Bertz CT molecular complexity index is 574. The smallest absolute Gasteiger partial charge is 0.337 e. The van der Waals surface area contributed by atoms with Crippen molar-refractivity contribution in [1.82, 2.24) is 4.57 Å². The maximum absolute atomic E-state index is 11.4. The molecule has 0 atom stereocenters. The van der Waals surface area contributed by atoms with E-state index in [1.807, 2.05) is 0 Å². The number of nitrogens with zero attached hydrogens (tertiary/aromatic N) is 1. The number of aromatic nitrogens is 1. The van der Waals surface area contributed by atoms with E-state index in [0.29, 0.717) is 16.9 Å². The molecule has 0 bridgehead atoms. The molecule has 1 aromatic carbocycles. The molecule has 0 saturated carbocycles. The number of aliphatic hydroxyl groups is 1. The van der Waals surface area contributed by atoms with Gasteiger partial charge in [0.25, 0.3) is 0 Å². The molecule has 0 aliphatic rings. The van der Waals surface area contributed by atoms with Crippen LogP contribution in [0.4, 0.5) is 0 Å². The Hall–Kier alpha value is -2.27.